The van der Waals surface area contributed by atoms with E-state index in [1.807, 2.05) is 0 Å². The zero-order chi connectivity index (χ0) is 28.4. The van der Waals surface area contributed by atoms with E-state index in [-0.39, 0.29) is 5.41 Å². The molecule has 0 nitrogen and oxygen atoms in total. The smallest absolute Gasteiger partial charge is 0.00201 e. The minimum atomic E-state index is 0.0407. The van der Waals surface area contributed by atoms with Crippen molar-refractivity contribution in [1.82, 2.24) is 0 Å². The second-order valence-corrected chi connectivity index (χ2v) is 12.6. The molecule has 8 aromatic carbocycles. The van der Waals surface area contributed by atoms with Crippen LogP contribution in [0.25, 0.3) is 76.1 Å². The molecular formula is C42H32. The van der Waals surface area contributed by atoms with Crippen LogP contribution in [0.5, 0.6) is 0 Å². The van der Waals surface area contributed by atoms with Crippen LogP contribution in [0.1, 0.15) is 26.3 Å². The summed E-state index contributed by atoms with van der Waals surface area (Å²) < 4.78 is 0. The van der Waals surface area contributed by atoms with Gasteiger partial charge in [-0.3, -0.25) is 0 Å². The fourth-order valence-corrected chi connectivity index (χ4v) is 6.85. The van der Waals surface area contributed by atoms with E-state index in [0.717, 1.165) is 0 Å². The van der Waals surface area contributed by atoms with Gasteiger partial charge in [-0.15, -0.1) is 0 Å². The minimum Gasteiger partial charge on any atom is -0.0616 e. The highest BCUT2D eigenvalue weighted by atomic mass is 14.2. The van der Waals surface area contributed by atoms with Crippen molar-refractivity contribution in [2.45, 2.75) is 26.2 Å². The maximum atomic E-state index is 2.45. The van der Waals surface area contributed by atoms with Crippen LogP contribution in [0.3, 0.4) is 0 Å². The third-order valence-corrected chi connectivity index (χ3v) is 8.98. The molecule has 200 valence electrons. The molecule has 0 bridgehead atoms. The molecule has 0 aromatic heterocycles. The summed E-state index contributed by atoms with van der Waals surface area (Å²) in [6.45, 7) is 6.92. The quantitative estimate of drug-likeness (QED) is 0.152. The van der Waals surface area contributed by atoms with E-state index in [4.69, 9.17) is 0 Å². The Morgan fingerprint density at radius 1 is 0.357 bits per heavy atom. The van der Waals surface area contributed by atoms with Crippen molar-refractivity contribution in [1.29, 1.82) is 0 Å². The Kier molecular flexibility index (Phi) is 5.49. The maximum absolute atomic E-state index is 2.45. The van der Waals surface area contributed by atoms with Gasteiger partial charge in [-0.1, -0.05) is 148 Å². The van der Waals surface area contributed by atoms with E-state index in [1.165, 1.54) is 81.7 Å². The summed E-state index contributed by atoms with van der Waals surface area (Å²) >= 11 is 0. The van der Waals surface area contributed by atoms with Crippen LogP contribution in [0.2, 0.25) is 0 Å². The lowest BCUT2D eigenvalue weighted by Gasteiger charge is -2.23. The number of fused-ring (bicyclic) bond motifs is 6. The molecule has 0 saturated carbocycles. The minimum absolute atomic E-state index is 0.0407. The molecule has 0 fully saturated rings. The average Bonchev–Trinajstić information content (AvgIpc) is 3.02. The molecule has 0 aliphatic rings. The molecule has 0 heteroatoms. The van der Waals surface area contributed by atoms with Crippen LogP contribution < -0.4 is 0 Å². The average molecular weight is 537 g/mol. The molecule has 0 radical (unpaired) electrons. The Morgan fingerprint density at radius 3 is 1.74 bits per heavy atom. The molecule has 0 heterocycles. The van der Waals surface area contributed by atoms with Crippen molar-refractivity contribution in [3.05, 3.63) is 145 Å². The molecule has 0 aliphatic carbocycles. The summed E-state index contributed by atoms with van der Waals surface area (Å²) in [6.07, 6.45) is 0. The molecular weight excluding hydrogens is 504 g/mol. The van der Waals surface area contributed by atoms with Gasteiger partial charge in [-0.25, -0.2) is 0 Å². The third kappa shape index (κ3) is 3.83. The van der Waals surface area contributed by atoms with Gasteiger partial charge in [0.15, 0.2) is 0 Å². The predicted octanol–water partition coefficient (Wildman–Crippen LogP) is 12.1. The van der Waals surface area contributed by atoms with Crippen molar-refractivity contribution >= 4 is 53.9 Å². The molecule has 0 atom stereocenters. The second kappa shape index (κ2) is 9.29. The summed E-state index contributed by atoms with van der Waals surface area (Å²) in [5, 5.41) is 12.9. The van der Waals surface area contributed by atoms with E-state index in [1.54, 1.807) is 0 Å². The Bertz CT molecular complexity index is 2330. The SMILES string of the molecule is CC(C)(C)c1ccc2c(-c3cccc4c3ccc3ccccc34)c3ccccc3c(-c3ccc4ccccc4c3)c2c1. The van der Waals surface area contributed by atoms with Crippen LogP contribution in [0, 0.1) is 0 Å². The first-order valence-electron chi connectivity index (χ1n) is 14.9. The molecule has 8 aromatic rings. The molecule has 42 heavy (non-hydrogen) atoms. The lowest BCUT2D eigenvalue weighted by Crippen LogP contribution is -2.10. The normalized spacial score (nSPS) is 12.2. The zero-order valence-electron chi connectivity index (χ0n) is 24.3. The van der Waals surface area contributed by atoms with E-state index in [2.05, 4.69) is 160 Å². The van der Waals surface area contributed by atoms with Crippen molar-refractivity contribution < 1.29 is 0 Å². The van der Waals surface area contributed by atoms with Crippen molar-refractivity contribution in [3.63, 3.8) is 0 Å². The predicted molar refractivity (Wildman–Crippen MR) is 184 cm³/mol. The topological polar surface area (TPSA) is 0 Å². The number of benzene rings is 8. The third-order valence-electron chi connectivity index (χ3n) is 8.98. The Morgan fingerprint density at radius 2 is 0.952 bits per heavy atom. The van der Waals surface area contributed by atoms with E-state index in [9.17, 15) is 0 Å². The Labute approximate surface area is 246 Å². The Balaban J connectivity index is 1.55. The second-order valence-electron chi connectivity index (χ2n) is 12.6. The van der Waals surface area contributed by atoms with E-state index < -0.39 is 0 Å². The molecule has 0 saturated heterocycles. The van der Waals surface area contributed by atoms with Crippen LogP contribution in [0.15, 0.2) is 140 Å². The molecule has 0 amide bonds. The summed E-state index contributed by atoms with van der Waals surface area (Å²) in [5.41, 5.74) is 6.56. The van der Waals surface area contributed by atoms with Gasteiger partial charge in [0.1, 0.15) is 0 Å². The first-order valence-corrected chi connectivity index (χ1v) is 14.9. The molecule has 8 rings (SSSR count). The maximum Gasteiger partial charge on any atom is -0.00201 e. The van der Waals surface area contributed by atoms with Gasteiger partial charge in [0, 0.05) is 0 Å². The van der Waals surface area contributed by atoms with Crippen molar-refractivity contribution in [2.75, 3.05) is 0 Å². The van der Waals surface area contributed by atoms with Gasteiger partial charge in [-0.05, 0) is 99.2 Å². The highest BCUT2D eigenvalue weighted by molar-refractivity contribution is 6.25. The number of hydrogen-bond donors (Lipinski definition) is 0. The van der Waals surface area contributed by atoms with Crippen LogP contribution in [-0.4, -0.2) is 0 Å². The van der Waals surface area contributed by atoms with E-state index in [0.29, 0.717) is 0 Å². The summed E-state index contributed by atoms with van der Waals surface area (Å²) in [7, 11) is 0. The van der Waals surface area contributed by atoms with Crippen molar-refractivity contribution in [3.8, 4) is 22.3 Å². The van der Waals surface area contributed by atoms with Gasteiger partial charge in [0.25, 0.3) is 0 Å². The standard InChI is InChI=1S/C42H32/c1-42(2,3)31-22-24-38-39(26-31)40(30-20-19-27-11-4-5-13-29(27)25-30)36-15-8-9-16-37(36)41(38)35-18-10-17-33-32-14-7-6-12-28(32)21-23-34(33)35/h4-26H,1-3H3. The van der Waals surface area contributed by atoms with Crippen molar-refractivity contribution in [2.24, 2.45) is 0 Å². The van der Waals surface area contributed by atoms with Crippen LogP contribution in [-0.2, 0) is 5.41 Å². The summed E-state index contributed by atoms with van der Waals surface area (Å²) in [5.74, 6) is 0. The molecule has 0 N–H and O–H groups in total. The summed E-state index contributed by atoms with van der Waals surface area (Å²) in [6, 6.07) is 51.9. The Hall–Kier alpha value is -4.94. The van der Waals surface area contributed by atoms with Gasteiger partial charge < -0.3 is 0 Å². The number of hydrogen-bond acceptors (Lipinski definition) is 0. The first-order chi connectivity index (χ1) is 20.5. The van der Waals surface area contributed by atoms with Gasteiger partial charge in [0.2, 0.25) is 0 Å². The lowest BCUT2D eigenvalue weighted by atomic mass is 9.80. The fourth-order valence-electron chi connectivity index (χ4n) is 6.85. The highest BCUT2D eigenvalue weighted by Crippen LogP contribution is 2.47. The van der Waals surface area contributed by atoms with Gasteiger partial charge in [-0.2, -0.15) is 0 Å². The van der Waals surface area contributed by atoms with E-state index >= 15 is 0 Å². The molecule has 0 unspecified atom stereocenters. The lowest BCUT2D eigenvalue weighted by molar-refractivity contribution is 0.591. The largest absolute Gasteiger partial charge is 0.0616 e. The van der Waals surface area contributed by atoms with Gasteiger partial charge >= 0.3 is 0 Å². The van der Waals surface area contributed by atoms with Crippen LogP contribution in [0.4, 0.5) is 0 Å². The van der Waals surface area contributed by atoms with Crippen LogP contribution >= 0.6 is 0 Å². The fraction of sp³-hybridized carbons (Fsp3) is 0.0952. The zero-order valence-corrected chi connectivity index (χ0v) is 24.3. The van der Waals surface area contributed by atoms with Gasteiger partial charge in [0.05, 0.1) is 0 Å². The highest BCUT2D eigenvalue weighted by Gasteiger charge is 2.21. The monoisotopic (exact) mass is 536 g/mol. The summed E-state index contributed by atoms with van der Waals surface area (Å²) in [4.78, 5) is 0. The first kappa shape index (κ1) is 24.8. The molecule has 0 aliphatic heterocycles. The number of rotatable bonds is 2. The molecule has 0 spiro atoms.